The summed E-state index contributed by atoms with van der Waals surface area (Å²) in [6, 6.07) is 17.2. The molecule has 8 rings (SSSR count). The fraction of sp³-hybridized carbons (Fsp3) is 0.349. The Morgan fingerprint density at radius 3 is 2.31 bits per heavy atom. The van der Waals surface area contributed by atoms with E-state index >= 15 is 0 Å². The number of rotatable bonds is 13. The molecule has 0 saturated carbocycles. The lowest BCUT2D eigenvalue weighted by Gasteiger charge is -2.39. The van der Waals surface area contributed by atoms with E-state index in [4.69, 9.17) is 56.4 Å². The van der Waals surface area contributed by atoms with Crippen molar-refractivity contribution >= 4 is 46.0 Å². The number of benzene rings is 4. The molecule has 302 valence electrons. The molecule has 0 bridgehead atoms. The number of hydrogen-bond acceptors (Lipinski definition) is 11. The first-order valence-electron chi connectivity index (χ1n) is 18.9. The number of esters is 1. The monoisotopic (exact) mass is 829 g/mol. The van der Waals surface area contributed by atoms with Crippen molar-refractivity contribution in [2.75, 3.05) is 41.3 Å². The highest BCUT2D eigenvalue weighted by Crippen LogP contribution is 2.55. The number of cyclic esters (lactones) is 1. The van der Waals surface area contributed by atoms with Gasteiger partial charge in [-0.05, 0) is 104 Å². The first kappa shape index (κ1) is 39.2. The third-order valence-electron chi connectivity index (χ3n) is 11.0. The summed E-state index contributed by atoms with van der Waals surface area (Å²) < 4.78 is 41.6. The molecule has 1 amide bonds. The van der Waals surface area contributed by atoms with E-state index in [0.29, 0.717) is 86.4 Å². The van der Waals surface area contributed by atoms with Gasteiger partial charge in [0, 0.05) is 18.3 Å². The summed E-state index contributed by atoms with van der Waals surface area (Å²) in [7, 11) is 4.62. The minimum absolute atomic E-state index is 0.0696. The van der Waals surface area contributed by atoms with E-state index in [1.807, 2.05) is 24.3 Å². The Hall–Kier alpha value is -5.66. The van der Waals surface area contributed by atoms with Crippen LogP contribution in [0.4, 0.5) is 0 Å². The van der Waals surface area contributed by atoms with Crippen LogP contribution in [-0.2, 0) is 14.3 Å². The number of aromatic nitrogens is 2. The third kappa shape index (κ3) is 7.21. The molecule has 2 aliphatic heterocycles. The van der Waals surface area contributed by atoms with Crippen molar-refractivity contribution < 1.29 is 42.7 Å². The van der Waals surface area contributed by atoms with Gasteiger partial charge in [0.1, 0.15) is 11.6 Å². The fourth-order valence-corrected chi connectivity index (χ4v) is 8.61. The summed E-state index contributed by atoms with van der Waals surface area (Å²) in [6.45, 7) is 2.37. The van der Waals surface area contributed by atoms with E-state index in [0.717, 1.165) is 23.1 Å². The standard InChI is InChI=1S/C43H41Cl2N3O10/c1-22-46-32-12-10-25(17-28(32)42(50)48(22)24-9-11-30(44)31(45)16-24)55-13-7-5-6-8-37(49)47-40-27-19-34-33(57-21-58-34)18-26(27)38(39-29(40)20-56-43(39)51)23-14-35(52-2)41(54-4)36(15-23)53-3/h9-12,14-19,29,38-40H,5-8,13,20-21H2,1-4H3,(H,47,49)/t29-,38+,39-,40+/m0/s1. The Kier molecular flexibility index (Phi) is 11.0. The van der Waals surface area contributed by atoms with Gasteiger partial charge in [0.05, 0.1) is 73.1 Å². The average Bonchev–Trinajstić information content (AvgIpc) is 3.85. The van der Waals surface area contributed by atoms with Crippen molar-refractivity contribution in [3.05, 3.63) is 104 Å². The zero-order valence-electron chi connectivity index (χ0n) is 32.3. The van der Waals surface area contributed by atoms with Gasteiger partial charge in [-0.3, -0.25) is 19.0 Å². The van der Waals surface area contributed by atoms with Crippen molar-refractivity contribution in [3.8, 4) is 40.2 Å². The summed E-state index contributed by atoms with van der Waals surface area (Å²) in [5.41, 5.74) is 3.28. The number of halogens is 2. The van der Waals surface area contributed by atoms with E-state index in [1.165, 1.54) is 11.7 Å². The molecule has 1 aromatic heterocycles. The Bertz CT molecular complexity index is 2460. The fourth-order valence-electron chi connectivity index (χ4n) is 8.32. The molecule has 15 heteroatoms. The minimum Gasteiger partial charge on any atom is -0.494 e. The molecule has 0 spiro atoms. The molecule has 3 aliphatic rings. The van der Waals surface area contributed by atoms with Crippen LogP contribution in [0.25, 0.3) is 16.6 Å². The van der Waals surface area contributed by atoms with Crippen LogP contribution in [0.1, 0.15) is 60.2 Å². The molecular formula is C43H41Cl2N3O10. The summed E-state index contributed by atoms with van der Waals surface area (Å²) in [5, 5.41) is 4.38. The smallest absolute Gasteiger partial charge is 0.310 e. The summed E-state index contributed by atoms with van der Waals surface area (Å²) in [4.78, 5) is 45.3. The van der Waals surface area contributed by atoms with Gasteiger partial charge in [-0.2, -0.15) is 0 Å². The number of carbonyl (C=O) groups is 2. The van der Waals surface area contributed by atoms with Crippen molar-refractivity contribution in [3.63, 3.8) is 0 Å². The molecular weight excluding hydrogens is 789 g/mol. The van der Waals surface area contributed by atoms with E-state index < -0.39 is 17.9 Å². The molecule has 1 aliphatic carbocycles. The number of ether oxygens (including phenoxy) is 7. The van der Waals surface area contributed by atoms with Crippen molar-refractivity contribution in [2.24, 2.45) is 11.8 Å². The Balaban J connectivity index is 0.941. The number of fused-ring (bicyclic) bond motifs is 4. The maximum absolute atomic E-state index is 13.6. The number of unbranched alkanes of at least 4 members (excludes halogenated alkanes) is 2. The molecule has 4 atom stereocenters. The number of carbonyl (C=O) groups excluding carboxylic acids is 2. The normalized spacial score (nSPS) is 19.0. The van der Waals surface area contributed by atoms with E-state index in [2.05, 4.69) is 10.3 Å². The van der Waals surface area contributed by atoms with Gasteiger partial charge >= 0.3 is 5.97 Å². The van der Waals surface area contributed by atoms with E-state index in [9.17, 15) is 14.4 Å². The Morgan fingerprint density at radius 1 is 0.862 bits per heavy atom. The predicted molar refractivity (Wildman–Crippen MR) is 215 cm³/mol. The van der Waals surface area contributed by atoms with Crippen LogP contribution in [0.3, 0.4) is 0 Å². The van der Waals surface area contributed by atoms with Crippen LogP contribution in [0.15, 0.2) is 65.5 Å². The molecule has 4 aromatic carbocycles. The number of aryl methyl sites for hydroxylation is 1. The van der Waals surface area contributed by atoms with Gasteiger partial charge in [-0.1, -0.05) is 23.2 Å². The lowest BCUT2D eigenvalue weighted by Crippen LogP contribution is -2.42. The van der Waals surface area contributed by atoms with Crippen LogP contribution < -0.4 is 39.3 Å². The molecule has 5 aromatic rings. The highest BCUT2D eigenvalue weighted by molar-refractivity contribution is 6.42. The van der Waals surface area contributed by atoms with Gasteiger partial charge in [-0.25, -0.2) is 4.98 Å². The van der Waals surface area contributed by atoms with E-state index in [-0.39, 0.29) is 43.2 Å². The molecule has 0 unspecified atom stereocenters. The second-order valence-electron chi connectivity index (χ2n) is 14.4. The second-order valence-corrected chi connectivity index (χ2v) is 15.2. The van der Waals surface area contributed by atoms with Crippen LogP contribution in [0.5, 0.6) is 34.5 Å². The maximum atomic E-state index is 13.6. The zero-order valence-corrected chi connectivity index (χ0v) is 33.8. The van der Waals surface area contributed by atoms with E-state index in [1.54, 1.807) is 57.5 Å². The number of nitrogens with zero attached hydrogens (tertiary/aromatic N) is 2. The maximum Gasteiger partial charge on any atom is 0.310 e. The lowest BCUT2D eigenvalue weighted by molar-refractivity contribution is -0.141. The molecule has 0 radical (unpaired) electrons. The number of amides is 1. The molecule has 1 N–H and O–H groups in total. The molecule has 3 heterocycles. The number of nitrogens with one attached hydrogen (secondary N) is 1. The van der Waals surface area contributed by atoms with Gasteiger partial charge in [0.15, 0.2) is 23.0 Å². The van der Waals surface area contributed by atoms with Crippen molar-refractivity contribution in [2.45, 2.75) is 44.6 Å². The van der Waals surface area contributed by atoms with Crippen LogP contribution >= 0.6 is 23.2 Å². The summed E-state index contributed by atoms with van der Waals surface area (Å²) in [5.74, 6) is 1.63. The van der Waals surface area contributed by atoms with Crippen LogP contribution in [-0.4, -0.2) is 62.8 Å². The summed E-state index contributed by atoms with van der Waals surface area (Å²) >= 11 is 12.3. The van der Waals surface area contributed by atoms with Crippen molar-refractivity contribution in [1.29, 1.82) is 0 Å². The Labute approximate surface area is 344 Å². The predicted octanol–water partition coefficient (Wildman–Crippen LogP) is 7.49. The summed E-state index contributed by atoms with van der Waals surface area (Å²) in [6.07, 6.45) is 2.30. The molecule has 1 fully saturated rings. The van der Waals surface area contributed by atoms with Crippen LogP contribution in [0, 0.1) is 18.8 Å². The third-order valence-corrected chi connectivity index (χ3v) is 11.8. The highest BCUT2D eigenvalue weighted by Gasteiger charge is 2.53. The largest absolute Gasteiger partial charge is 0.494 e. The number of hydrogen-bond donors (Lipinski definition) is 1. The lowest BCUT2D eigenvalue weighted by atomic mass is 9.65. The van der Waals surface area contributed by atoms with Gasteiger partial charge in [0.2, 0.25) is 18.4 Å². The van der Waals surface area contributed by atoms with Crippen LogP contribution in [0.2, 0.25) is 10.0 Å². The zero-order chi connectivity index (χ0) is 40.7. The highest BCUT2D eigenvalue weighted by atomic mass is 35.5. The topological polar surface area (TPSA) is 146 Å². The first-order chi connectivity index (χ1) is 28.1. The quantitative estimate of drug-likeness (QED) is 0.0931. The minimum atomic E-state index is -0.605. The Morgan fingerprint density at radius 2 is 1.60 bits per heavy atom. The van der Waals surface area contributed by atoms with Crippen molar-refractivity contribution in [1.82, 2.24) is 14.9 Å². The molecule has 1 saturated heterocycles. The number of methoxy groups -OCH3 is 3. The first-order valence-corrected chi connectivity index (χ1v) is 19.7. The average molecular weight is 831 g/mol. The SMILES string of the molecule is COc1cc([C@@H]2c3cc4c(cc3[C@@H](NC(=O)CCCCCOc3ccc5nc(C)n(-c6ccc(Cl)c(Cl)c6)c(=O)c5c3)[C@H]3COC(=O)[C@H]23)OCO4)cc(OC)c1OC. The van der Waals surface area contributed by atoms with Gasteiger partial charge in [-0.15, -0.1) is 0 Å². The van der Waals surface area contributed by atoms with Gasteiger partial charge < -0.3 is 38.5 Å². The van der Waals surface area contributed by atoms with Gasteiger partial charge in [0.25, 0.3) is 5.56 Å². The second kappa shape index (κ2) is 16.3. The molecule has 58 heavy (non-hydrogen) atoms. The molecule has 13 nitrogen and oxygen atoms in total.